The van der Waals surface area contributed by atoms with Crippen LogP contribution >= 0.6 is 0 Å². The van der Waals surface area contributed by atoms with E-state index in [1.165, 1.54) is 0 Å². The average molecular weight is 252 g/mol. The summed E-state index contributed by atoms with van der Waals surface area (Å²) in [6.07, 6.45) is 4.12. The molecule has 0 aromatic carbocycles. The summed E-state index contributed by atoms with van der Waals surface area (Å²) in [6.45, 7) is 9.04. The maximum Gasteiger partial charge on any atom is 0.202 e. The van der Waals surface area contributed by atoms with E-state index in [1.807, 2.05) is 12.4 Å². The van der Waals surface area contributed by atoms with Crippen molar-refractivity contribution in [1.29, 1.82) is 0 Å². The number of nitrogens with one attached hydrogen (secondary N) is 1. The molecule has 1 unspecified atom stereocenters. The van der Waals surface area contributed by atoms with Gasteiger partial charge in [0.05, 0.1) is 19.3 Å². The third kappa shape index (κ3) is 3.71. The fourth-order valence-corrected chi connectivity index (χ4v) is 2.12. The van der Waals surface area contributed by atoms with Crippen LogP contribution in [0.3, 0.4) is 0 Å². The lowest BCUT2D eigenvalue weighted by Crippen LogP contribution is -2.42. The SMILES string of the molecule is CC(C)CNc1nccn1CC1CN(C)CCO1. The summed E-state index contributed by atoms with van der Waals surface area (Å²) in [4.78, 5) is 6.67. The molecule has 1 aromatic heterocycles. The molecular weight excluding hydrogens is 228 g/mol. The Bertz CT molecular complexity index is 364. The lowest BCUT2D eigenvalue weighted by atomic mass is 10.2. The monoisotopic (exact) mass is 252 g/mol. The first-order chi connectivity index (χ1) is 8.65. The molecule has 2 rings (SSSR count). The highest BCUT2D eigenvalue weighted by atomic mass is 16.5. The summed E-state index contributed by atoms with van der Waals surface area (Å²) in [5.74, 6) is 1.56. The van der Waals surface area contributed by atoms with Gasteiger partial charge < -0.3 is 19.5 Å². The first-order valence-corrected chi connectivity index (χ1v) is 6.70. The molecule has 102 valence electrons. The molecule has 1 aliphatic heterocycles. The fourth-order valence-electron chi connectivity index (χ4n) is 2.12. The van der Waals surface area contributed by atoms with Gasteiger partial charge in [-0.05, 0) is 13.0 Å². The quantitative estimate of drug-likeness (QED) is 0.857. The zero-order valence-electron chi connectivity index (χ0n) is 11.6. The van der Waals surface area contributed by atoms with Gasteiger partial charge in [0.1, 0.15) is 0 Å². The number of hydrogen-bond acceptors (Lipinski definition) is 4. The molecule has 1 saturated heterocycles. The normalized spacial score (nSPS) is 21.4. The van der Waals surface area contributed by atoms with Crippen LogP contribution in [0.5, 0.6) is 0 Å². The van der Waals surface area contributed by atoms with Crippen molar-refractivity contribution in [3.05, 3.63) is 12.4 Å². The molecule has 18 heavy (non-hydrogen) atoms. The minimum Gasteiger partial charge on any atom is -0.374 e. The number of morpholine rings is 1. The third-order valence-corrected chi connectivity index (χ3v) is 3.13. The van der Waals surface area contributed by atoms with E-state index in [4.69, 9.17) is 4.74 Å². The molecule has 1 fully saturated rings. The molecule has 0 bridgehead atoms. The molecule has 1 aliphatic rings. The number of hydrogen-bond donors (Lipinski definition) is 1. The zero-order chi connectivity index (χ0) is 13.0. The summed E-state index contributed by atoms with van der Waals surface area (Å²) in [5, 5.41) is 3.38. The summed E-state index contributed by atoms with van der Waals surface area (Å²) >= 11 is 0. The molecule has 5 heteroatoms. The molecule has 1 N–H and O–H groups in total. The van der Waals surface area contributed by atoms with Crippen molar-refractivity contribution in [1.82, 2.24) is 14.5 Å². The van der Waals surface area contributed by atoms with Crippen molar-refractivity contribution in [3.8, 4) is 0 Å². The van der Waals surface area contributed by atoms with Gasteiger partial charge in [-0.3, -0.25) is 0 Å². The van der Waals surface area contributed by atoms with Crippen LogP contribution in [0.25, 0.3) is 0 Å². The molecule has 5 nitrogen and oxygen atoms in total. The second kappa shape index (κ2) is 6.20. The number of rotatable bonds is 5. The van der Waals surface area contributed by atoms with Gasteiger partial charge in [-0.1, -0.05) is 13.8 Å². The molecule has 0 radical (unpaired) electrons. The van der Waals surface area contributed by atoms with E-state index in [2.05, 4.69) is 40.7 Å². The minimum atomic E-state index is 0.262. The van der Waals surface area contributed by atoms with E-state index in [0.717, 1.165) is 38.7 Å². The maximum absolute atomic E-state index is 5.78. The average Bonchev–Trinajstić information content (AvgIpc) is 2.74. The van der Waals surface area contributed by atoms with Gasteiger partial charge in [0, 0.05) is 32.0 Å². The standard InChI is InChI=1S/C13H24N4O/c1-11(2)8-15-13-14-4-5-17(13)10-12-9-16(3)6-7-18-12/h4-5,11-12H,6-10H2,1-3H3,(H,14,15). The Balaban J connectivity index is 1.90. The van der Waals surface area contributed by atoms with Crippen molar-refractivity contribution in [3.63, 3.8) is 0 Å². The Labute approximate surface area is 109 Å². The Morgan fingerprint density at radius 2 is 2.39 bits per heavy atom. The van der Waals surface area contributed by atoms with Crippen LogP contribution in [-0.2, 0) is 11.3 Å². The number of nitrogens with zero attached hydrogens (tertiary/aromatic N) is 3. The van der Waals surface area contributed by atoms with Crippen LogP contribution in [0.15, 0.2) is 12.4 Å². The smallest absolute Gasteiger partial charge is 0.202 e. The highest BCUT2D eigenvalue weighted by molar-refractivity contribution is 5.25. The topological polar surface area (TPSA) is 42.3 Å². The molecule has 1 aromatic rings. The second-order valence-electron chi connectivity index (χ2n) is 5.43. The molecule has 2 heterocycles. The van der Waals surface area contributed by atoms with Gasteiger partial charge in [-0.15, -0.1) is 0 Å². The Hall–Kier alpha value is -1.07. The van der Waals surface area contributed by atoms with Crippen molar-refractivity contribution >= 4 is 5.95 Å². The summed E-state index contributed by atoms with van der Waals surface area (Å²) in [5.41, 5.74) is 0. The Kier molecular flexibility index (Phi) is 4.60. The summed E-state index contributed by atoms with van der Waals surface area (Å²) < 4.78 is 7.93. The largest absolute Gasteiger partial charge is 0.374 e. The molecule has 0 saturated carbocycles. The van der Waals surface area contributed by atoms with Crippen molar-refractivity contribution in [2.45, 2.75) is 26.5 Å². The highest BCUT2D eigenvalue weighted by Gasteiger charge is 2.19. The predicted molar refractivity (Wildman–Crippen MR) is 72.8 cm³/mol. The molecule has 1 atom stereocenters. The van der Waals surface area contributed by atoms with Crippen LogP contribution in [0.2, 0.25) is 0 Å². The fraction of sp³-hybridized carbons (Fsp3) is 0.769. The van der Waals surface area contributed by atoms with Crippen molar-refractivity contribution in [2.24, 2.45) is 5.92 Å². The van der Waals surface area contributed by atoms with Gasteiger partial charge in [0.25, 0.3) is 0 Å². The van der Waals surface area contributed by atoms with Gasteiger partial charge >= 0.3 is 0 Å². The Morgan fingerprint density at radius 1 is 1.56 bits per heavy atom. The predicted octanol–water partition coefficient (Wildman–Crippen LogP) is 1.28. The molecule has 0 amide bonds. The molecule has 0 aliphatic carbocycles. The van der Waals surface area contributed by atoms with E-state index in [1.54, 1.807) is 0 Å². The number of imidazole rings is 1. The first-order valence-electron chi connectivity index (χ1n) is 6.70. The number of aromatic nitrogens is 2. The number of likely N-dealkylation sites (N-methyl/N-ethyl adjacent to an activating group) is 1. The Morgan fingerprint density at radius 3 is 3.11 bits per heavy atom. The van der Waals surface area contributed by atoms with E-state index in [0.29, 0.717) is 5.92 Å². The van der Waals surface area contributed by atoms with Crippen LogP contribution < -0.4 is 5.32 Å². The van der Waals surface area contributed by atoms with Gasteiger partial charge in [-0.2, -0.15) is 0 Å². The maximum atomic E-state index is 5.78. The number of ether oxygens (including phenoxy) is 1. The van der Waals surface area contributed by atoms with Crippen LogP contribution in [0.4, 0.5) is 5.95 Å². The van der Waals surface area contributed by atoms with Crippen molar-refractivity contribution < 1.29 is 4.74 Å². The van der Waals surface area contributed by atoms with Crippen LogP contribution in [0.1, 0.15) is 13.8 Å². The van der Waals surface area contributed by atoms with Gasteiger partial charge in [0.15, 0.2) is 0 Å². The van der Waals surface area contributed by atoms with Gasteiger partial charge in [0.2, 0.25) is 5.95 Å². The van der Waals surface area contributed by atoms with Gasteiger partial charge in [-0.25, -0.2) is 4.98 Å². The molecule has 0 spiro atoms. The van der Waals surface area contributed by atoms with E-state index in [9.17, 15) is 0 Å². The summed E-state index contributed by atoms with van der Waals surface area (Å²) in [7, 11) is 2.14. The summed E-state index contributed by atoms with van der Waals surface area (Å²) in [6, 6.07) is 0. The third-order valence-electron chi connectivity index (χ3n) is 3.13. The van der Waals surface area contributed by atoms with Crippen LogP contribution in [0, 0.1) is 5.92 Å². The van der Waals surface area contributed by atoms with E-state index >= 15 is 0 Å². The first kappa shape index (κ1) is 13.4. The van der Waals surface area contributed by atoms with E-state index in [-0.39, 0.29) is 6.10 Å². The number of anilines is 1. The van der Waals surface area contributed by atoms with E-state index < -0.39 is 0 Å². The minimum absolute atomic E-state index is 0.262. The highest BCUT2D eigenvalue weighted by Crippen LogP contribution is 2.11. The second-order valence-corrected chi connectivity index (χ2v) is 5.43. The van der Waals surface area contributed by atoms with Crippen LogP contribution in [-0.4, -0.2) is 53.8 Å². The zero-order valence-corrected chi connectivity index (χ0v) is 11.6. The van der Waals surface area contributed by atoms with Crippen molar-refractivity contribution in [2.75, 3.05) is 38.6 Å². The molecular formula is C13H24N4O. The lowest BCUT2D eigenvalue weighted by Gasteiger charge is -2.30. The lowest BCUT2D eigenvalue weighted by molar-refractivity contribution is -0.0272.